The highest BCUT2D eigenvalue weighted by Gasteiger charge is 2.30. The number of hydrogen-bond donors (Lipinski definition) is 0. The molecular weight excluding hydrogens is 184 g/mol. The fourth-order valence-corrected chi connectivity index (χ4v) is 1.51. The van der Waals surface area contributed by atoms with E-state index in [2.05, 4.69) is 0 Å². The first-order valence-corrected chi connectivity index (χ1v) is 4.72. The van der Waals surface area contributed by atoms with Gasteiger partial charge in [-0.25, -0.2) is 8.78 Å². The van der Waals surface area contributed by atoms with E-state index in [-0.39, 0.29) is 25.2 Å². The lowest BCUT2D eigenvalue weighted by molar-refractivity contribution is -0.0244. The van der Waals surface area contributed by atoms with E-state index in [1.165, 1.54) is 0 Å². The van der Waals surface area contributed by atoms with Crippen molar-refractivity contribution in [2.24, 2.45) is 5.92 Å². The summed E-state index contributed by atoms with van der Waals surface area (Å²) in [4.78, 5) is 0. The number of rotatable bonds is 4. The van der Waals surface area contributed by atoms with Gasteiger partial charge in [0.25, 0.3) is 0 Å². The molecule has 0 fully saturated rings. The lowest BCUT2D eigenvalue weighted by Gasteiger charge is -2.20. The van der Waals surface area contributed by atoms with Crippen molar-refractivity contribution in [2.75, 3.05) is 0 Å². The predicted octanol–water partition coefficient (Wildman–Crippen LogP) is 3.45. The number of nitriles is 1. The molecule has 76 valence electrons. The third-order valence-corrected chi connectivity index (χ3v) is 2.23. The third kappa shape index (κ3) is 3.69. The van der Waals surface area contributed by atoms with Crippen molar-refractivity contribution in [2.45, 2.75) is 31.6 Å². The summed E-state index contributed by atoms with van der Waals surface area (Å²) in [5, 5.41) is 8.23. The molecule has 0 radical (unpaired) electrons. The summed E-state index contributed by atoms with van der Waals surface area (Å²) in [6.07, 6.45) is 7.51. The second-order valence-electron chi connectivity index (χ2n) is 3.53. The van der Waals surface area contributed by atoms with E-state index < -0.39 is 5.92 Å². The van der Waals surface area contributed by atoms with Gasteiger partial charge >= 0.3 is 0 Å². The van der Waals surface area contributed by atoms with Crippen molar-refractivity contribution >= 4 is 0 Å². The number of hydrogen-bond acceptors (Lipinski definition) is 1. The van der Waals surface area contributed by atoms with Crippen LogP contribution in [0, 0.1) is 17.2 Å². The maximum atomic E-state index is 13.2. The number of halogens is 2. The van der Waals surface area contributed by atoms with Crippen LogP contribution in [0.25, 0.3) is 0 Å². The molecule has 0 unspecified atom stereocenters. The molecule has 1 atom stereocenters. The van der Waals surface area contributed by atoms with Gasteiger partial charge in [0.2, 0.25) is 5.92 Å². The van der Waals surface area contributed by atoms with Gasteiger partial charge in [-0.3, -0.25) is 0 Å². The lowest BCUT2D eigenvalue weighted by atomic mass is 9.92. The highest BCUT2D eigenvalue weighted by Crippen LogP contribution is 2.31. The van der Waals surface area contributed by atoms with Gasteiger partial charge in [-0.1, -0.05) is 24.3 Å². The van der Waals surface area contributed by atoms with Crippen LogP contribution in [0.1, 0.15) is 25.7 Å². The van der Waals surface area contributed by atoms with Crippen molar-refractivity contribution in [3.05, 3.63) is 24.3 Å². The summed E-state index contributed by atoms with van der Waals surface area (Å²) in [5.41, 5.74) is 0. The molecule has 1 rings (SSSR count). The van der Waals surface area contributed by atoms with Crippen LogP contribution in [0.3, 0.4) is 0 Å². The molecule has 0 N–H and O–H groups in total. The Bertz CT molecular complexity index is 274. The number of nitrogens with zero attached hydrogens (tertiary/aromatic N) is 1. The molecule has 1 aliphatic rings. The SMILES string of the molecule is N#CCCC(F)(F)C[C@H]1C=CC=CC1. The molecule has 3 heteroatoms. The van der Waals surface area contributed by atoms with E-state index >= 15 is 0 Å². The van der Waals surface area contributed by atoms with Gasteiger partial charge in [0, 0.05) is 19.3 Å². The molecule has 0 heterocycles. The maximum absolute atomic E-state index is 13.2. The van der Waals surface area contributed by atoms with Gasteiger partial charge in [0.15, 0.2) is 0 Å². The highest BCUT2D eigenvalue weighted by molar-refractivity contribution is 5.11. The van der Waals surface area contributed by atoms with Crippen LogP contribution in [-0.2, 0) is 0 Å². The maximum Gasteiger partial charge on any atom is 0.249 e. The molecule has 1 aliphatic carbocycles. The van der Waals surface area contributed by atoms with E-state index in [0.29, 0.717) is 6.42 Å². The molecule has 0 saturated carbocycles. The quantitative estimate of drug-likeness (QED) is 0.677. The molecule has 0 bridgehead atoms. The van der Waals surface area contributed by atoms with Crippen molar-refractivity contribution in [3.63, 3.8) is 0 Å². The van der Waals surface area contributed by atoms with Crippen LogP contribution in [0.4, 0.5) is 8.78 Å². The Morgan fingerprint density at radius 1 is 1.43 bits per heavy atom. The van der Waals surface area contributed by atoms with Crippen LogP contribution in [0.5, 0.6) is 0 Å². The van der Waals surface area contributed by atoms with Crippen molar-refractivity contribution in [1.29, 1.82) is 5.26 Å². The van der Waals surface area contributed by atoms with Crippen molar-refractivity contribution < 1.29 is 8.78 Å². The Kier molecular flexibility index (Phi) is 3.82. The van der Waals surface area contributed by atoms with Gasteiger partial charge in [-0.2, -0.15) is 5.26 Å². The molecule has 0 aliphatic heterocycles. The summed E-state index contributed by atoms with van der Waals surface area (Å²) in [6, 6.07) is 1.75. The molecule has 0 saturated heterocycles. The first-order chi connectivity index (χ1) is 6.64. The zero-order valence-electron chi connectivity index (χ0n) is 7.92. The molecular formula is C11H13F2N. The van der Waals surface area contributed by atoms with Gasteiger partial charge < -0.3 is 0 Å². The summed E-state index contributed by atoms with van der Waals surface area (Å²) >= 11 is 0. The number of allylic oxidation sites excluding steroid dienone is 4. The second-order valence-corrected chi connectivity index (χ2v) is 3.53. The summed E-state index contributed by atoms with van der Waals surface area (Å²) < 4.78 is 26.4. The Labute approximate surface area is 82.7 Å². The van der Waals surface area contributed by atoms with Gasteiger partial charge in [-0.15, -0.1) is 0 Å². The zero-order valence-corrected chi connectivity index (χ0v) is 7.92. The first kappa shape index (κ1) is 10.9. The van der Waals surface area contributed by atoms with Crippen LogP contribution in [-0.4, -0.2) is 5.92 Å². The van der Waals surface area contributed by atoms with Crippen LogP contribution in [0.2, 0.25) is 0 Å². The minimum atomic E-state index is -2.70. The molecule has 1 nitrogen and oxygen atoms in total. The molecule has 0 aromatic carbocycles. The Hall–Kier alpha value is -1.17. The lowest BCUT2D eigenvalue weighted by Crippen LogP contribution is -2.20. The third-order valence-electron chi connectivity index (χ3n) is 2.23. The second kappa shape index (κ2) is 4.90. The van der Waals surface area contributed by atoms with Crippen molar-refractivity contribution in [1.82, 2.24) is 0 Å². The Morgan fingerprint density at radius 3 is 2.79 bits per heavy atom. The standard InChI is InChI=1S/C11H13F2N/c12-11(13,7-4-8-14)9-10-5-2-1-3-6-10/h1-3,5,10H,4,6-7,9H2/t10-/m0/s1. The van der Waals surface area contributed by atoms with Crippen molar-refractivity contribution in [3.8, 4) is 6.07 Å². The van der Waals surface area contributed by atoms with E-state index in [0.717, 1.165) is 0 Å². The minimum absolute atomic E-state index is 0.0702. The average molecular weight is 197 g/mol. The fraction of sp³-hybridized carbons (Fsp3) is 0.545. The highest BCUT2D eigenvalue weighted by atomic mass is 19.3. The van der Waals surface area contributed by atoms with E-state index in [1.54, 1.807) is 18.2 Å². The summed E-state index contributed by atoms with van der Waals surface area (Å²) in [5.74, 6) is -2.77. The summed E-state index contributed by atoms with van der Waals surface area (Å²) in [6.45, 7) is 0. The van der Waals surface area contributed by atoms with Crippen LogP contribution < -0.4 is 0 Å². The molecule has 0 amide bonds. The molecule has 0 aromatic rings. The molecule has 0 aromatic heterocycles. The normalized spacial score (nSPS) is 20.8. The monoisotopic (exact) mass is 197 g/mol. The summed E-state index contributed by atoms with van der Waals surface area (Å²) in [7, 11) is 0. The Morgan fingerprint density at radius 2 is 2.21 bits per heavy atom. The van der Waals surface area contributed by atoms with E-state index in [1.807, 2.05) is 12.2 Å². The van der Waals surface area contributed by atoms with Gasteiger partial charge in [0.05, 0.1) is 6.07 Å². The van der Waals surface area contributed by atoms with Crippen LogP contribution >= 0.6 is 0 Å². The van der Waals surface area contributed by atoms with Crippen LogP contribution in [0.15, 0.2) is 24.3 Å². The largest absolute Gasteiger partial charge is 0.249 e. The number of alkyl halides is 2. The van der Waals surface area contributed by atoms with Gasteiger partial charge in [-0.05, 0) is 12.3 Å². The minimum Gasteiger partial charge on any atom is -0.207 e. The smallest absolute Gasteiger partial charge is 0.207 e. The Balaban J connectivity index is 2.38. The van der Waals surface area contributed by atoms with E-state index in [9.17, 15) is 8.78 Å². The average Bonchev–Trinajstić information content (AvgIpc) is 2.16. The molecule has 0 spiro atoms. The first-order valence-electron chi connectivity index (χ1n) is 4.72. The predicted molar refractivity (Wildman–Crippen MR) is 50.8 cm³/mol. The van der Waals surface area contributed by atoms with E-state index in [4.69, 9.17) is 5.26 Å². The molecule has 14 heavy (non-hydrogen) atoms. The topological polar surface area (TPSA) is 23.8 Å². The fourth-order valence-electron chi connectivity index (χ4n) is 1.51. The van der Waals surface area contributed by atoms with Gasteiger partial charge in [0.1, 0.15) is 0 Å². The zero-order chi connectivity index (χ0) is 10.4.